The number of fused-ring (bicyclic) bond motifs is 1. The van der Waals surface area contributed by atoms with Crippen LogP contribution in [0.25, 0.3) is 11.0 Å². The number of furan rings is 1. The molecule has 138 valence electrons. The summed E-state index contributed by atoms with van der Waals surface area (Å²) in [6.07, 6.45) is -3.29. The Hall–Kier alpha value is -2.98. The molecule has 0 saturated heterocycles. The minimum Gasteiger partial charge on any atom is -0.460 e. The van der Waals surface area contributed by atoms with Crippen LogP contribution in [0.4, 0.5) is 19.0 Å². The van der Waals surface area contributed by atoms with Crippen molar-refractivity contribution in [1.82, 2.24) is 4.98 Å². The second-order valence-corrected chi connectivity index (χ2v) is 6.91. The zero-order valence-corrected chi connectivity index (χ0v) is 14.7. The largest absolute Gasteiger partial charge is 0.460 e. The molecule has 0 radical (unpaired) electrons. The topological polar surface area (TPSA) is 112 Å². The van der Waals surface area contributed by atoms with E-state index >= 15 is 0 Å². The number of rotatable bonds is 3. The smallest absolute Gasteiger partial charge is 0.434 e. The number of aliphatic imine (C=N–C) groups is 1. The van der Waals surface area contributed by atoms with Gasteiger partial charge in [0.1, 0.15) is 23.1 Å². The van der Waals surface area contributed by atoms with Crippen LogP contribution in [0.15, 0.2) is 39.0 Å². The van der Waals surface area contributed by atoms with Crippen LogP contribution in [0, 0.1) is 28.6 Å². The minimum absolute atomic E-state index is 0.0272. The van der Waals surface area contributed by atoms with Crippen LogP contribution >= 0.6 is 11.8 Å². The summed E-state index contributed by atoms with van der Waals surface area (Å²) < 4.78 is 45.4. The molecule has 1 aliphatic heterocycles. The first-order valence-corrected chi connectivity index (χ1v) is 8.72. The molecule has 0 amide bonds. The van der Waals surface area contributed by atoms with Gasteiger partial charge >= 0.3 is 6.18 Å². The van der Waals surface area contributed by atoms with Gasteiger partial charge in [0.25, 0.3) is 0 Å². The maximum absolute atomic E-state index is 13.3. The summed E-state index contributed by atoms with van der Waals surface area (Å²) in [5, 5.41) is 18.3. The molecule has 2 aromatic rings. The van der Waals surface area contributed by atoms with Gasteiger partial charge in [-0.05, 0) is 19.1 Å². The van der Waals surface area contributed by atoms with Crippen molar-refractivity contribution in [3.63, 3.8) is 0 Å². The second-order valence-electron chi connectivity index (χ2n) is 5.78. The van der Waals surface area contributed by atoms with E-state index in [1.165, 1.54) is 13.1 Å². The highest BCUT2D eigenvalue weighted by molar-refractivity contribution is 7.99. The lowest BCUT2D eigenvalue weighted by Gasteiger charge is -2.27. The van der Waals surface area contributed by atoms with Crippen molar-refractivity contribution in [2.24, 2.45) is 10.9 Å². The lowest BCUT2D eigenvalue weighted by atomic mass is 9.92. The quantitative estimate of drug-likeness (QED) is 0.847. The standard InChI is InChI=1S/C17H12F3N5OS/c1-8-11(5-21)14(12(6-22)15(25-8)17(18,19)20)27-7-9-4-10-13(26-9)2-3-24-16(10)23/h2-4,11,14H,7H2,1H3,(H2,23,24). The lowest BCUT2D eigenvalue weighted by molar-refractivity contribution is -0.0933. The first-order valence-electron chi connectivity index (χ1n) is 7.67. The first kappa shape index (κ1) is 18.8. The summed E-state index contributed by atoms with van der Waals surface area (Å²) in [6.45, 7) is 1.36. The summed E-state index contributed by atoms with van der Waals surface area (Å²) in [5.41, 5.74) is 4.50. The number of hydrogen-bond acceptors (Lipinski definition) is 7. The molecular formula is C17H12F3N5OS. The zero-order valence-electron chi connectivity index (χ0n) is 13.9. The molecule has 27 heavy (non-hydrogen) atoms. The van der Waals surface area contributed by atoms with Gasteiger partial charge in [-0.1, -0.05) is 0 Å². The first-order chi connectivity index (χ1) is 12.8. The van der Waals surface area contributed by atoms with Crippen molar-refractivity contribution >= 4 is 34.3 Å². The molecule has 0 bridgehead atoms. The highest BCUT2D eigenvalue weighted by atomic mass is 32.2. The van der Waals surface area contributed by atoms with Gasteiger partial charge in [-0.2, -0.15) is 23.7 Å². The second kappa shape index (κ2) is 6.97. The van der Waals surface area contributed by atoms with Crippen molar-refractivity contribution < 1.29 is 17.6 Å². The van der Waals surface area contributed by atoms with Crippen LogP contribution in [0.2, 0.25) is 0 Å². The lowest BCUT2D eigenvalue weighted by Crippen LogP contribution is -2.32. The molecule has 2 N–H and O–H groups in total. The number of anilines is 1. The summed E-state index contributed by atoms with van der Waals surface area (Å²) in [4.78, 5) is 7.42. The third-order valence-electron chi connectivity index (χ3n) is 4.04. The SMILES string of the molecule is CC1=NC(C(F)(F)F)=C(C#N)C(SCc2cc3c(N)nccc3o2)C1C#N. The molecule has 1 aliphatic rings. The van der Waals surface area contributed by atoms with Crippen LogP contribution in [0.5, 0.6) is 0 Å². The van der Waals surface area contributed by atoms with E-state index < -0.39 is 28.6 Å². The highest BCUT2D eigenvalue weighted by Crippen LogP contribution is 2.41. The highest BCUT2D eigenvalue weighted by Gasteiger charge is 2.44. The van der Waals surface area contributed by atoms with Gasteiger partial charge in [0, 0.05) is 11.9 Å². The molecule has 6 nitrogen and oxygen atoms in total. The van der Waals surface area contributed by atoms with E-state index in [0.29, 0.717) is 16.7 Å². The van der Waals surface area contributed by atoms with Crippen molar-refractivity contribution in [3.8, 4) is 12.1 Å². The summed E-state index contributed by atoms with van der Waals surface area (Å²) in [6, 6.07) is 6.81. The Labute approximate surface area is 156 Å². The van der Waals surface area contributed by atoms with E-state index in [2.05, 4.69) is 9.98 Å². The predicted octanol–water partition coefficient (Wildman–Crippen LogP) is 3.97. The fourth-order valence-electron chi connectivity index (χ4n) is 2.78. The Bertz CT molecular complexity index is 1040. The van der Waals surface area contributed by atoms with Crippen molar-refractivity contribution in [1.29, 1.82) is 10.5 Å². The van der Waals surface area contributed by atoms with Gasteiger partial charge in [0.2, 0.25) is 0 Å². The molecule has 0 aromatic carbocycles. The number of halogens is 3. The maximum atomic E-state index is 13.3. The van der Waals surface area contributed by atoms with Gasteiger partial charge < -0.3 is 10.2 Å². The molecule has 3 heterocycles. The van der Waals surface area contributed by atoms with Crippen molar-refractivity contribution in [3.05, 3.63) is 35.4 Å². The average Bonchev–Trinajstić information content (AvgIpc) is 3.03. The number of nitrogens with zero attached hydrogens (tertiary/aromatic N) is 4. The Morgan fingerprint density at radius 3 is 2.70 bits per heavy atom. The van der Waals surface area contributed by atoms with Crippen LogP contribution in [-0.4, -0.2) is 22.1 Å². The normalized spacial score (nSPS) is 20.3. The van der Waals surface area contributed by atoms with Gasteiger partial charge in [-0.25, -0.2) is 4.98 Å². The fraction of sp³-hybridized carbons (Fsp3) is 0.294. The maximum Gasteiger partial charge on any atom is 0.434 e. The molecule has 0 fully saturated rings. The number of thioether (sulfide) groups is 1. The van der Waals surface area contributed by atoms with E-state index in [9.17, 15) is 23.7 Å². The van der Waals surface area contributed by atoms with E-state index in [4.69, 9.17) is 10.2 Å². The van der Waals surface area contributed by atoms with E-state index in [1.807, 2.05) is 6.07 Å². The molecule has 2 unspecified atom stereocenters. The van der Waals surface area contributed by atoms with E-state index in [-0.39, 0.29) is 17.3 Å². The van der Waals surface area contributed by atoms with Crippen molar-refractivity contribution in [2.45, 2.75) is 24.1 Å². The number of nitrogen functional groups attached to an aromatic ring is 1. The van der Waals surface area contributed by atoms with Crippen LogP contribution in [0.1, 0.15) is 12.7 Å². The number of nitriles is 2. The number of alkyl halides is 3. The van der Waals surface area contributed by atoms with Crippen molar-refractivity contribution in [2.75, 3.05) is 5.73 Å². The molecule has 2 atom stereocenters. The third kappa shape index (κ3) is 3.49. The minimum atomic E-state index is -4.77. The van der Waals surface area contributed by atoms with Gasteiger partial charge in [-0.15, -0.1) is 11.8 Å². The molecule has 3 rings (SSSR count). The average molecular weight is 391 g/mol. The van der Waals surface area contributed by atoms with Crippen LogP contribution in [0.3, 0.4) is 0 Å². The monoisotopic (exact) mass is 391 g/mol. The van der Waals surface area contributed by atoms with Gasteiger partial charge in [-0.3, -0.25) is 4.99 Å². The van der Waals surface area contributed by atoms with Gasteiger partial charge in [0.05, 0.1) is 34.1 Å². The molecule has 0 aliphatic carbocycles. The summed E-state index contributed by atoms with van der Waals surface area (Å²) >= 11 is 1.02. The Balaban J connectivity index is 1.94. The molecular weight excluding hydrogens is 379 g/mol. The third-order valence-corrected chi connectivity index (χ3v) is 5.36. The predicted molar refractivity (Wildman–Crippen MR) is 94.4 cm³/mol. The van der Waals surface area contributed by atoms with Crippen LogP contribution < -0.4 is 5.73 Å². The molecule has 0 spiro atoms. The number of nitrogens with two attached hydrogens (primary N) is 1. The summed E-state index contributed by atoms with van der Waals surface area (Å²) in [5.74, 6) is -0.0510. The zero-order chi connectivity index (χ0) is 19.8. The molecule has 0 saturated carbocycles. The van der Waals surface area contributed by atoms with Crippen LogP contribution in [-0.2, 0) is 5.75 Å². The van der Waals surface area contributed by atoms with E-state index in [1.54, 1.807) is 18.2 Å². The fourth-order valence-corrected chi connectivity index (χ4v) is 4.05. The number of aromatic nitrogens is 1. The Kier molecular flexibility index (Phi) is 4.85. The van der Waals surface area contributed by atoms with E-state index in [0.717, 1.165) is 11.8 Å². The Morgan fingerprint density at radius 1 is 1.37 bits per heavy atom. The Morgan fingerprint density at radius 2 is 2.11 bits per heavy atom. The molecule has 2 aromatic heterocycles. The number of hydrogen-bond donors (Lipinski definition) is 1. The number of allylic oxidation sites excluding steroid dienone is 1. The summed E-state index contributed by atoms with van der Waals surface area (Å²) in [7, 11) is 0. The molecule has 10 heteroatoms. The number of pyridine rings is 1. The van der Waals surface area contributed by atoms with Gasteiger partial charge in [0.15, 0.2) is 5.70 Å².